The van der Waals surface area contributed by atoms with Crippen LogP contribution in [0.15, 0.2) is 102 Å². The van der Waals surface area contributed by atoms with Crippen LogP contribution in [-0.4, -0.2) is 43.8 Å². The summed E-state index contributed by atoms with van der Waals surface area (Å²) < 4.78 is 29.3. The van der Waals surface area contributed by atoms with Crippen LogP contribution >= 0.6 is 34.8 Å². The molecule has 0 spiro atoms. The van der Waals surface area contributed by atoms with Gasteiger partial charge in [0.15, 0.2) is 0 Å². The minimum Gasteiger partial charge on any atom is -0.352 e. The lowest BCUT2D eigenvalue weighted by atomic mass is 10.0. The molecule has 0 bridgehead atoms. The smallest absolute Gasteiger partial charge is 0.264 e. The molecule has 0 aromatic heterocycles. The molecule has 0 unspecified atom stereocenters. The Bertz CT molecular complexity index is 1730. The number of amides is 2. The molecular formula is C35H36Cl3N3O4S. The van der Waals surface area contributed by atoms with Gasteiger partial charge in [0, 0.05) is 34.1 Å². The Morgan fingerprint density at radius 2 is 1.41 bits per heavy atom. The Labute approximate surface area is 286 Å². The molecule has 0 fully saturated rings. The van der Waals surface area contributed by atoms with Crippen LogP contribution in [0.4, 0.5) is 5.69 Å². The maximum absolute atomic E-state index is 14.5. The van der Waals surface area contributed by atoms with Crippen molar-refractivity contribution >= 4 is 62.3 Å². The van der Waals surface area contributed by atoms with Crippen molar-refractivity contribution < 1.29 is 18.0 Å². The van der Waals surface area contributed by atoms with Gasteiger partial charge in [0.1, 0.15) is 12.6 Å². The molecule has 2 amide bonds. The van der Waals surface area contributed by atoms with Gasteiger partial charge in [0.25, 0.3) is 10.0 Å². The molecule has 0 aliphatic carbocycles. The summed E-state index contributed by atoms with van der Waals surface area (Å²) in [5.74, 6) is -0.943. The topological polar surface area (TPSA) is 86.8 Å². The monoisotopic (exact) mass is 699 g/mol. The molecule has 0 aliphatic rings. The van der Waals surface area contributed by atoms with E-state index in [9.17, 15) is 18.0 Å². The third-order valence-corrected chi connectivity index (χ3v) is 10.0. The van der Waals surface area contributed by atoms with Crippen molar-refractivity contribution in [1.29, 1.82) is 0 Å². The lowest BCUT2D eigenvalue weighted by molar-refractivity contribution is -0.140. The Morgan fingerprint density at radius 1 is 0.804 bits per heavy atom. The van der Waals surface area contributed by atoms with E-state index in [2.05, 4.69) is 5.32 Å². The van der Waals surface area contributed by atoms with E-state index in [1.807, 2.05) is 51.1 Å². The van der Waals surface area contributed by atoms with Gasteiger partial charge in [-0.3, -0.25) is 13.9 Å². The largest absolute Gasteiger partial charge is 0.352 e. The second-order valence-corrected chi connectivity index (χ2v) is 14.3. The maximum Gasteiger partial charge on any atom is 0.264 e. The number of carbonyl (C=O) groups excluding carboxylic acids is 2. The summed E-state index contributed by atoms with van der Waals surface area (Å²) >= 11 is 18.8. The fourth-order valence-electron chi connectivity index (χ4n) is 4.83. The average molecular weight is 701 g/mol. The zero-order valence-corrected chi connectivity index (χ0v) is 28.9. The van der Waals surface area contributed by atoms with Crippen LogP contribution < -0.4 is 9.62 Å². The highest BCUT2D eigenvalue weighted by Crippen LogP contribution is 2.30. The van der Waals surface area contributed by atoms with Gasteiger partial charge in [0.05, 0.1) is 10.6 Å². The molecule has 0 radical (unpaired) electrons. The summed E-state index contributed by atoms with van der Waals surface area (Å²) in [6.07, 6.45) is 0.892. The number of sulfonamides is 1. The third kappa shape index (κ3) is 9.26. The molecule has 242 valence electrons. The second kappa shape index (κ2) is 15.8. The van der Waals surface area contributed by atoms with Gasteiger partial charge in [0.2, 0.25) is 11.8 Å². The summed E-state index contributed by atoms with van der Waals surface area (Å²) in [6.45, 7) is 5.10. The lowest BCUT2D eigenvalue weighted by Gasteiger charge is -2.34. The first-order valence-electron chi connectivity index (χ1n) is 14.8. The fourth-order valence-corrected chi connectivity index (χ4v) is 6.87. The van der Waals surface area contributed by atoms with Crippen LogP contribution in [0.3, 0.4) is 0 Å². The summed E-state index contributed by atoms with van der Waals surface area (Å²) in [6, 6.07) is 25.9. The van der Waals surface area contributed by atoms with Crippen LogP contribution in [-0.2, 0) is 32.6 Å². The summed E-state index contributed by atoms with van der Waals surface area (Å²) in [5.41, 5.74) is 2.54. The normalized spacial score (nSPS) is 12.7. The zero-order valence-electron chi connectivity index (χ0n) is 25.8. The molecule has 4 aromatic carbocycles. The number of carbonyl (C=O) groups is 2. The highest BCUT2D eigenvalue weighted by Gasteiger charge is 2.35. The molecule has 2 atom stereocenters. The van der Waals surface area contributed by atoms with E-state index in [1.165, 1.54) is 35.2 Å². The summed E-state index contributed by atoms with van der Waals surface area (Å²) in [4.78, 5) is 29.9. The number of aryl methyl sites for hydroxylation is 1. The zero-order chi connectivity index (χ0) is 33.4. The quantitative estimate of drug-likeness (QED) is 0.155. The van der Waals surface area contributed by atoms with E-state index < -0.39 is 28.5 Å². The third-order valence-electron chi connectivity index (χ3n) is 7.56. The van der Waals surface area contributed by atoms with Crippen LogP contribution in [0.1, 0.15) is 37.0 Å². The Balaban J connectivity index is 1.83. The van der Waals surface area contributed by atoms with E-state index >= 15 is 0 Å². The molecule has 0 aliphatic heterocycles. The Hall–Kier alpha value is -3.56. The molecule has 4 aromatic rings. The summed E-state index contributed by atoms with van der Waals surface area (Å²) in [7, 11) is -4.29. The lowest BCUT2D eigenvalue weighted by Crippen LogP contribution is -2.54. The maximum atomic E-state index is 14.5. The fraction of sp³-hybridized carbons (Fsp3) is 0.257. The van der Waals surface area contributed by atoms with Gasteiger partial charge < -0.3 is 10.2 Å². The number of benzene rings is 4. The van der Waals surface area contributed by atoms with E-state index in [-0.39, 0.29) is 45.5 Å². The van der Waals surface area contributed by atoms with Gasteiger partial charge in [-0.25, -0.2) is 8.42 Å². The molecule has 7 nitrogen and oxygen atoms in total. The standard InChI is InChI=1S/C35H36Cl3N3O4S/c1-4-25(3)39-35(43)33(18-26-8-6-5-7-9-26)40(22-27-12-14-28(36)15-13-27)34(42)23-41(31-20-29(37)19-30(38)21-31)46(44,45)32-16-10-24(2)11-17-32/h5-17,19-21,25,33H,4,18,22-23H2,1-3H3,(H,39,43)/t25-,33+/m0/s1. The molecule has 11 heteroatoms. The summed E-state index contributed by atoms with van der Waals surface area (Å²) in [5, 5.41) is 3.94. The minimum atomic E-state index is -4.29. The Kier molecular flexibility index (Phi) is 12.1. The number of nitrogens with one attached hydrogen (secondary N) is 1. The number of anilines is 1. The highest BCUT2D eigenvalue weighted by atomic mass is 35.5. The predicted octanol–water partition coefficient (Wildman–Crippen LogP) is 7.71. The molecule has 4 rings (SSSR count). The van der Waals surface area contributed by atoms with Crippen molar-refractivity contribution in [3.63, 3.8) is 0 Å². The molecule has 1 N–H and O–H groups in total. The average Bonchev–Trinajstić information content (AvgIpc) is 3.02. The van der Waals surface area contributed by atoms with Crippen molar-refractivity contribution in [2.75, 3.05) is 10.8 Å². The van der Waals surface area contributed by atoms with E-state index in [0.717, 1.165) is 15.4 Å². The van der Waals surface area contributed by atoms with Crippen LogP contribution in [0, 0.1) is 6.92 Å². The SMILES string of the molecule is CC[C@H](C)NC(=O)[C@@H](Cc1ccccc1)N(Cc1ccc(Cl)cc1)C(=O)CN(c1cc(Cl)cc(Cl)c1)S(=O)(=O)c1ccc(C)cc1. The number of rotatable bonds is 13. The molecule has 0 saturated heterocycles. The van der Waals surface area contributed by atoms with Crippen molar-refractivity contribution in [1.82, 2.24) is 10.2 Å². The number of hydrogen-bond donors (Lipinski definition) is 1. The van der Waals surface area contributed by atoms with Gasteiger partial charge in [-0.15, -0.1) is 0 Å². The van der Waals surface area contributed by atoms with Crippen molar-refractivity contribution in [3.8, 4) is 0 Å². The van der Waals surface area contributed by atoms with Gasteiger partial charge >= 0.3 is 0 Å². The van der Waals surface area contributed by atoms with Crippen molar-refractivity contribution in [2.45, 2.75) is 57.1 Å². The Morgan fingerprint density at radius 3 is 2.00 bits per heavy atom. The second-order valence-electron chi connectivity index (χ2n) is 11.1. The van der Waals surface area contributed by atoms with Crippen LogP contribution in [0.5, 0.6) is 0 Å². The predicted molar refractivity (Wildman–Crippen MR) is 186 cm³/mol. The molecular weight excluding hydrogens is 665 g/mol. The van der Waals surface area contributed by atoms with E-state index in [1.54, 1.807) is 36.4 Å². The number of nitrogens with zero attached hydrogens (tertiary/aromatic N) is 2. The minimum absolute atomic E-state index is 0.0124. The van der Waals surface area contributed by atoms with E-state index in [4.69, 9.17) is 34.8 Å². The van der Waals surface area contributed by atoms with Gasteiger partial charge in [-0.2, -0.15) is 0 Å². The highest BCUT2D eigenvalue weighted by molar-refractivity contribution is 7.92. The van der Waals surface area contributed by atoms with Crippen molar-refractivity contribution in [2.24, 2.45) is 0 Å². The number of hydrogen-bond acceptors (Lipinski definition) is 4. The first-order chi connectivity index (χ1) is 21.9. The van der Waals surface area contributed by atoms with Gasteiger partial charge in [-0.1, -0.05) is 102 Å². The molecule has 0 saturated carbocycles. The van der Waals surface area contributed by atoms with Crippen LogP contribution in [0.25, 0.3) is 0 Å². The van der Waals surface area contributed by atoms with Gasteiger partial charge in [-0.05, 0) is 73.9 Å². The van der Waals surface area contributed by atoms with E-state index in [0.29, 0.717) is 17.0 Å². The van der Waals surface area contributed by atoms with Crippen LogP contribution in [0.2, 0.25) is 15.1 Å². The van der Waals surface area contributed by atoms with Crippen molar-refractivity contribution in [3.05, 3.63) is 129 Å². The first kappa shape index (κ1) is 35.3. The first-order valence-corrected chi connectivity index (χ1v) is 17.4. The number of halogens is 3. The molecule has 0 heterocycles. The molecule has 46 heavy (non-hydrogen) atoms.